The lowest BCUT2D eigenvalue weighted by molar-refractivity contribution is 0.434. The van der Waals surface area contributed by atoms with Crippen molar-refractivity contribution in [2.45, 2.75) is 38.0 Å². The van der Waals surface area contributed by atoms with Crippen molar-refractivity contribution in [1.29, 1.82) is 0 Å². The number of thiocarbonyl (C=S) groups is 1. The summed E-state index contributed by atoms with van der Waals surface area (Å²) < 4.78 is 14.2. The minimum atomic E-state index is -0.196. The number of hydrogen-bond donors (Lipinski definition) is 2. The van der Waals surface area contributed by atoms with Crippen molar-refractivity contribution in [2.24, 2.45) is 0 Å². The first kappa shape index (κ1) is 18.3. The number of nitrogens with zero attached hydrogens (tertiary/aromatic N) is 1. The van der Waals surface area contributed by atoms with Gasteiger partial charge in [-0.15, -0.1) is 0 Å². The number of halogens is 2. The number of pyridine rings is 1. The van der Waals surface area contributed by atoms with Gasteiger partial charge in [0.05, 0.1) is 0 Å². The van der Waals surface area contributed by atoms with Crippen LogP contribution in [-0.2, 0) is 5.41 Å². The third-order valence-electron chi connectivity index (χ3n) is 4.89. The Labute approximate surface area is 161 Å². The smallest absolute Gasteiger partial charge is 0.171 e. The van der Waals surface area contributed by atoms with Gasteiger partial charge in [-0.1, -0.05) is 25.0 Å². The van der Waals surface area contributed by atoms with Crippen LogP contribution in [0.1, 0.15) is 36.8 Å². The maximum atomic E-state index is 13.3. The zero-order valence-electron chi connectivity index (χ0n) is 14.1. The number of hydrogen-bond acceptors (Lipinski definition) is 2. The summed E-state index contributed by atoms with van der Waals surface area (Å²) in [6.07, 6.45) is 6.31. The maximum Gasteiger partial charge on any atom is 0.171 e. The first-order chi connectivity index (χ1) is 12.0. The Bertz CT molecular complexity index is 758. The van der Waals surface area contributed by atoms with Gasteiger partial charge in [-0.3, -0.25) is 0 Å². The monoisotopic (exact) mass is 421 g/mol. The van der Waals surface area contributed by atoms with Gasteiger partial charge in [0, 0.05) is 22.6 Å². The Morgan fingerprint density at radius 3 is 2.60 bits per heavy atom. The molecule has 0 aliphatic heterocycles. The summed E-state index contributed by atoms with van der Waals surface area (Å²) in [4.78, 5) is 4.32. The molecule has 2 N–H and O–H groups in total. The molecule has 0 spiro atoms. The normalized spacial score (nSPS) is 15.8. The molecule has 1 aromatic carbocycles. The van der Waals surface area contributed by atoms with Crippen LogP contribution in [0.15, 0.2) is 41.0 Å². The van der Waals surface area contributed by atoms with E-state index in [2.05, 4.69) is 31.5 Å². The molecular formula is C19H21BrFN3S. The quantitative estimate of drug-likeness (QED) is 0.674. The second-order valence-electron chi connectivity index (χ2n) is 6.62. The topological polar surface area (TPSA) is 37.0 Å². The SMILES string of the molecule is Cc1cc(NC(=S)NCC2(c3ccc(F)cc3)CCCC2)ncc1Br. The van der Waals surface area contributed by atoms with E-state index in [-0.39, 0.29) is 11.2 Å². The van der Waals surface area contributed by atoms with Crippen molar-refractivity contribution in [2.75, 3.05) is 11.9 Å². The molecule has 25 heavy (non-hydrogen) atoms. The van der Waals surface area contributed by atoms with Crippen molar-refractivity contribution in [3.63, 3.8) is 0 Å². The number of anilines is 1. The molecule has 0 amide bonds. The lowest BCUT2D eigenvalue weighted by Crippen LogP contribution is -2.40. The minimum absolute atomic E-state index is 0.0164. The Kier molecular flexibility index (Phi) is 5.69. The molecule has 1 aliphatic carbocycles. The molecule has 0 radical (unpaired) electrons. The molecule has 2 aromatic rings. The lowest BCUT2D eigenvalue weighted by atomic mass is 9.79. The van der Waals surface area contributed by atoms with Crippen molar-refractivity contribution in [1.82, 2.24) is 10.3 Å². The Hall–Kier alpha value is -1.53. The number of nitrogens with one attached hydrogen (secondary N) is 2. The zero-order chi connectivity index (χ0) is 17.9. The molecule has 0 bridgehead atoms. The molecule has 0 unspecified atom stereocenters. The van der Waals surface area contributed by atoms with Gasteiger partial charge in [-0.05, 0) is 77.2 Å². The average molecular weight is 422 g/mol. The van der Waals surface area contributed by atoms with Gasteiger partial charge in [0.2, 0.25) is 0 Å². The average Bonchev–Trinajstić information content (AvgIpc) is 3.07. The van der Waals surface area contributed by atoms with Gasteiger partial charge in [0.25, 0.3) is 0 Å². The van der Waals surface area contributed by atoms with E-state index >= 15 is 0 Å². The van der Waals surface area contributed by atoms with Crippen molar-refractivity contribution >= 4 is 39.1 Å². The molecule has 1 aliphatic rings. The Balaban J connectivity index is 1.66. The summed E-state index contributed by atoms with van der Waals surface area (Å²) in [5.74, 6) is 0.527. The number of benzene rings is 1. The fourth-order valence-electron chi connectivity index (χ4n) is 3.44. The van der Waals surface area contributed by atoms with Crippen LogP contribution in [0.4, 0.5) is 10.2 Å². The summed E-state index contributed by atoms with van der Waals surface area (Å²) in [7, 11) is 0. The fourth-order valence-corrected chi connectivity index (χ4v) is 3.83. The standard InChI is InChI=1S/C19H21BrFN3S/c1-13-10-17(22-11-16(13)20)24-18(25)23-12-19(8-2-3-9-19)14-4-6-15(21)7-5-14/h4-7,10-11H,2-3,8-9,12H2,1H3,(H2,22,23,24,25). The van der Waals surface area contributed by atoms with Crippen molar-refractivity contribution in [3.05, 3.63) is 57.9 Å². The van der Waals surface area contributed by atoms with Gasteiger partial charge < -0.3 is 10.6 Å². The molecule has 1 saturated carbocycles. The maximum absolute atomic E-state index is 13.3. The predicted octanol–water partition coefficient (Wildman–Crippen LogP) is 5.09. The summed E-state index contributed by atoms with van der Waals surface area (Å²) in [5.41, 5.74) is 2.29. The highest BCUT2D eigenvalue weighted by molar-refractivity contribution is 9.10. The van der Waals surface area contributed by atoms with Crippen LogP contribution in [0.3, 0.4) is 0 Å². The van der Waals surface area contributed by atoms with Crippen LogP contribution in [-0.4, -0.2) is 16.6 Å². The molecule has 132 valence electrons. The summed E-state index contributed by atoms with van der Waals surface area (Å²) in [6.45, 7) is 2.75. The third kappa shape index (κ3) is 4.36. The molecule has 1 fully saturated rings. The highest BCUT2D eigenvalue weighted by Crippen LogP contribution is 2.40. The second kappa shape index (κ2) is 7.79. The van der Waals surface area contributed by atoms with Crippen LogP contribution < -0.4 is 10.6 Å². The van der Waals surface area contributed by atoms with E-state index < -0.39 is 0 Å². The molecule has 3 nitrogen and oxygen atoms in total. The second-order valence-corrected chi connectivity index (χ2v) is 7.88. The first-order valence-electron chi connectivity index (χ1n) is 8.42. The molecule has 3 rings (SSSR count). The molecule has 1 heterocycles. The Morgan fingerprint density at radius 1 is 1.28 bits per heavy atom. The first-order valence-corrected chi connectivity index (χ1v) is 9.62. The highest BCUT2D eigenvalue weighted by atomic mass is 79.9. The molecule has 1 aromatic heterocycles. The molecule has 6 heteroatoms. The highest BCUT2D eigenvalue weighted by Gasteiger charge is 2.35. The van der Waals surface area contributed by atoms with Crippen molar-refractivity contribution < 1.29 is 4.39 Å². The van der Waals surface area contributed by atoms with Crippen molar-refractivity contribution in [3.8, 4) is 0 Å². The van der Waals surface area contributed by atoms with E-state index in [0.29, 0.717) is 5.11 Å². The van der Waals surface area contributed by atoms with E-state index in [1.165, 1.54) is 18.4 Å². The third-order valence-corrected chi connectivity index (χ3v) is 5.97. The van der Waals surface area contributed by atoms with Crippen LogP contribution >= 0.6 is 28.1 Å². The molecule has 0 saturated heterocycles. The summed E-state index contributed by atoms with van der Waals surface area (Å²) in [5, 5.41) is 7.03. The van der Waals surface area contributed by atoms with Gasteiger partial charge >= 0.3 is 0 Å². The van der Waals surface area contributed by atoms with E-state index in [9.17, 15) is 4.39 Å². The predicted molar refractivity (Wildman–Crippen MR) is 107 cm³/mol. The van der Waals surface area contributed by atoms with E-state index in [1.807, 2.05) is 25.1 Å². The van der Waals surface area contributed by atoms with Crippen LogP contribution in [0.25, 0.3) is 0 Å². The molecular weight excluding hydrogens is 401 g/mol. The van der Waals surface area contributed by atoms with Crippen LogP contribution in [0, 0.1) is 12.7 Å². The van der Waals surface area contributed by atoms with Gasteiger partial charge in [0.15, 0.2) is 5.11 Å². The van der Waals surface area contributed by atoms with Crippen LogP contribution in [0.5, 0.6) is 0 Å². The Morgan fingerprint density at radius 2 is 1.96 bits per heavy atom. The number of aryl methyl sites for hydroxylation is 1. The summed E-state index contributed by atoms with van der Waals surface area (Å²) in [6, 6.07) is 8.83. The number of rotatable bonds is 4. The van der Waals surface area contributed by atoms with Gasteiger partial charge in [-0.2, -0.15) is 0 Å². The largest absolute Gasteiger partial charge is 0.362 e. The van der Waals surface area contributed by atoms with E-state index in [4.69, 9.17) is 12.2 Å². The fraction of sp³-hybridized carbons (Fsp3) is 0.368. The van der Waals surface area contributed by atoms with Crippen LogP contribution in [0.2, 0.25) is 0 Å². The lowest BCUT2D eigenvalue weighted by Gasteiger charge is -2.30. The molecule has 0 atom stereocenters. The van der Waals surface area contributed by atoms with E-state index in [1.54, 1.807) is 18.3 Å². The van der Waals surface area contributed by atoms with E-state index in [0.717, 1.165) is 35.2 Å². The van der Waals surface area contributed by atoms with Gasteiger partial charge in [0.1, 0.15) is 11.6 Å². The zero-order valence-corrected chi connectivity index (χ0v) is 16.5. The minimum Gasteiger partial charge on any atom is -0.362 e. The number of aromatic nitrogens is 1. The summed E-state index contributed by atoms with van der Waals surface area (Å²) >= 11 is 8.88. The van der Waals surface area contributed by atoms with Gasteiger partial charge in [-0.25, -0.2) is 9.37 Å².